The standard InChI is InChI=1S/C14H18N2O/c1-12-4-5-14(13(10-12)11-15)17-9-8-16-6-2-3-7-16/h4-5,10H,2-3,6-9H2,1H3. The van der Waals surface area contributed by atoms with E-state index in [0.717, 1.165) is 12.1 Å². The molecule has 3 nitrogen and oxygen atoms in total. The van der Waals surface area contributed by atoms with Crippen LogP contribution in [0.4, 0.5) is 0 Å². The van der Waals surface area contributed by atoms with Crippen molar-refractivity contribution in [2.75, 3.05) is 26.2 Å². The van der Waals surface area contributed by atoms with Gasteiger partial charge in [-0.2, -0.15) is 5.26 Å². The van der Waals surface area contributed by atoms with Crippen LogP contribution in [0.15, 0.2) is 18.2 Å². The molecule has 0 atom stereocenters. The molecule has 1 aromatic rings. The zero-order valence-electron chi connectivity index (χ0n) is 10.3. The molecule has 0 spiro atoms. The summed E-state index contributed by atoms with van der Waals surface area (Å²) in [5.74, 6) is 0.706. The van der Waals surface area contributed by atoms with Gasteiger partial charge in [0.1, 0.15) is 18.4 Å². The Hall–Kier alpha value is -1.53. The Balaban J connectivity index is 1.88. The molecular formula is C14H18N2O. The topological polar surface area (TPSA) is 36.3 Å². The lowest BCUT2D eigenvalue weighted by molar-refractivity contribution is 0.237. The van der Waals surface area contributed by atoms with Gasteiger partial charge >= 0.3 is 0 Å². The quantitative estimate of drug-likeness (QED) is 0.796. The van der Waals surface area contributed by atoms with Crippen LogP contribution >= 0.6 is 0 Å². The monoisotopic (exact) mass is 230 g/mol. The minimum atomic E-state index is 0.631. The first-order chi connectivity index (χ1) is 8.29. The van der Waals surface area contributed by atoms with Gasteiger partial charge in [0.15, 0.2) is 0 Å². The molecule has 2 rings (SSSR count). The first-order valence-corrected chi connectivity index (χ1v) is 6.15. The second-order valence-electron chi connectivity index (χ2n) is 4.51. The maximum Gasteiger partial charge on any atom is 0.137 e. The number of nitrogens with zero attached hydrogens (tertiary/aromatic N) is 2. The molecule has 1 aromatic carbocycles. The second-order valence-corrected chi connectivity index (χ2v) is 4.51. The number of aryl methyl sites for hydroxylation is 1. The molecule has 0 aromatic heterocycles. The van der Waals surface area contributed by atoms with Gasteiger partial charge in [-0.3, -0.25) is 4.90 Å². The molecule has 1 saturated heterocycles. The number of likely N-dealkylation sites (tertiary alicyclic amines) is 1. The van der Waals surface area contributed by atoms with Gasteiger partial charge < -0.3 is 4.74 Å². The highest BCUT2D eigenvalue weighted by Gasteiger charge is 2.11. The summed E-state index contributed by atoms with van der Waals surface area (Å²) in [6, 6.07) is 7.91. The normalized spacial score (nSPS) is 15.8. The molecule has 0 amide bonds. The molecule has 0 saturated carbocycles. The minimum Gasteiger partial charge on any atom is -0.491 e. The Morgan fingerprint density at radius 1 is 1.35 bits per heavy atom. The molecule has 0 unspecified atom stereocenters. The maximum atomic E-state index is 9.01. The van der Waals surface area contributed by atoms with Gasteiger partial charge in [-0.25, -0.2) is 0 Å². The Morgan fingerprint density at radius 2 is 2.12 bits per heavy atom. The Kier molecular flexibility index (Phi) is 4.00. The van der Waals surface area contributed by atoms with Crippen LogP contribution in [0.2, 0.25) is 0 Å². The third-order valence-corrected chi connectivity index (χ3v) is 3.12. The van der Waals surface area contributed by atoms with Crippen molar-refractivity contribution in [1.29, 1.82) is 5.26 Å². The van der Waals surface area contributed by atoms with Crippen molar-refractivity contribution in [3.63, 3.8) is 0 Å². The molecule has 0 bridgehead atoms. The highest BCUT2D eigenvalue weighted by atomic mass is 16.5. The molecule has 1 fully saturated rings. The van der Waals surface area contributed by atoms with E-state index < -0.39 is 0 Å². The summed E-state index contributed by atoms with van der Waals surface area (Å²) in [5.41, 5.74) is 1.72. The van der Waals surface area contributed by atoms with Gasteiger partial charge in [-0.15, -0.1) is 0 Å². The highest BCUT2D eigenvalue weighted by molar-refractivity contribution is 5.45. The third kappa shape index (κ3) is 3.21. The van der Waals surface area contributed by atoms with Gasteiger partial charge in [0, 0.05) is 6.54 Å². The fourth-order valence-corrected chi connectivity index (χ4v) is 2.15. The molecule has 1 aliphatic rings. The molecule has 0 N–H and O–H groups in total. The van der Waals surface area contributed by atoms with Crippen molar-refractivity contribution in [3.05, 3.63) is 29.3 Å². The summed E-state index contributed by atoms with van der Waals surface area (Å²) in [6.45, 7) is 5.97. The zero-order valence-corrected chi connectivity index (χ0v) is 10.3. The zero-order chi connectivity index (χ0) is 12.1. The third-order valence-electron chi connectivity index (χ3n) is 3.12. The van der Waals surface area contributed by atoms with Crippen LogP contribution in [-0.4, -0.2) is 31.1 Å². The lowest BCUT2D eigenvalue weighted by atomic mass is 10.1. The van der Waals surface area contributed by atoms with Crippen molar-refractivity contribution < 1.29 is 4.74 Å². The lowest BCUT2D eigenvalue weighted by Gasteiger charge is -2.15. The summed E-state index contributed by atoms with van der Waals surface area (Å²) < 4.78 is 5.68. The van der Waals surface area contributed by atoms with E-state index in [4.69, 9.17) is 10.00 Å². The number of hydrogen-bond donors (Lipinski definition) is 0. The largest absolute Gasteiger partial charge is 0.491 e. The first kappa shape index (κ1) is 11.9. The highest BCUT2D eigenvalue weighted by Crippen LogP contribution is 2.19. The van der Waals surface area contributed by atoms with E-state index in [9.17, 15) is 0 Å². The molecule has 1 aliphatic heterocycles. The van der Waals surface area contributed by atoms with Crippen molar-refractivity contribution >= 4 is 0 Å². The van der Waals surface area contributed by atoms with Crippen molar-refractivity contribution in [2.24, 2.45) is 0 Å². The first-order valence-electron chi connectivity index (χ1n) is 6.15. The maximum absolute atomic E-state index is 9.01. The van der Waals surface area contributed by atoms with Crippen molar-refractivity contribution in [1.82, 2.24) is 4.90 Å². The molecule has 3 heteroatoms. The summed E-state index contributed by atoms with van der Waals surface area (Å²) in [7, 11) is 0. The van der Waals surface area contributed by atoms with E-state index in [2.05, 4.69) is 11.0 Å². The fraction of sp³-hybridized carbons (Fsp3) is 0.500. The average molecular weight is 230 g/mol. The van der Waals surface area contributed by atoms with E-state index in [1.165, 1.54) is 25.9 Å². The van der Waals surface area contributed by atoms with Gasteiger partial charge in [0.05, 0.1) is 5.56 Å². The van der Waals surface area contributed by atoms with Gasteiger partial charge in [-0.05, 0) is 50.6 Å². The Morgan fingerprint density at radius 3 is 2.82 bits per heavy atom. The van der Waals surface area contributed by atoms with Crippen LogP contribution in [-0.2, 0) is 0 Å². The number of nitriles is 1. The van der Waals surface area contributed by atoms with E-state index in [-0.39, 0.29) is 0 Å². The van der Waals surface area contributed by atoms with Crippen LogP contribution in [0, 0.1) is 18.3 Å². The van der Waals surface area contributed by atoms with E-state index in [0.29, 0.717) is 17.9 Å². The summed E-state index contributed by atoms with van der Waals surface area (Å²) in [6.07, 6.45) is 2.60. The van der Waals surface area contributed by atoms with Gasteiger partial charge in [-0.1, -0.05) is 6.07 Å². The van der Waals surface area contributed by atoms with Crippen LogP contribution in [0.3, 0.4) is 0 Å². The van der Waals surface area contributed by atoms with Gasteiger partial charge in [0.25, 0.3) is 0 Å². The Bertz CT molecular complexity index is 417. The van der Waals surface area contributed by atoms with E-state index in [1.807, 2.05) is 25.1 Å². The van der Waals surface area contributed by atoms with Crippen molar-refractivity contribution in [2.45, 2.75) is 19.8 Å². The molecule has 0 radical (unpaired) electrons. The van der Waals surface area contributed by atoms with E-state index >= 15 is 0 Å². The van der Waals surface area contributed by atoms with Crippen LogP contribution < -0.4 is 4.74 Å². The smallest absolute Gasteiger partial charge is 0.137 e. The Labute approximate surface area is 103 Å². The molecular weight excluding hydrogens is 212 g/mol. The average Bonchev–Trinajstić information content (AvgIpc) is 2.84. The number of rotatable bonds is 4. The summed E-state index contributed by atoms with van der Waals surface area (Å²) >= 11 is 0. The predicted octanol–water partition coefficient (Wildman–Crippen LogP) is 2.34. The van der Waals surface area contributed by atoms with Crippen LogP contribution in [0.1, 0.15) is 24.0 Å². The van der Waals surface area contributed by atoms with Crippen molar-refractivity contribution in [3.8, 4) is 11.8 Å². The van der Waals surface area contributed by atoms with Gasteiger partial charge in [0.2, 0.25) is 0 Å². The second kappa shape index (κ2) is 5.70. The van der Waals surface area contributed by atoms with Crippen LogP contribution in [0.5, 0.6) is 5.75 Å². The number of benzene rings is 1. The van der Waals surface area contributed by atoms with E-state index in [1.54, 1.807) is 0 Å². The summed E-state index contributed by atoms with van der Waals surface area (Å²) in [4.78, 5) is 2.40. The number of ether oxygens (including phenoxy) is 1. The molecule has 1 heterocycles. The fourth-order valence-electron chi connectivity index (χ4n) is 2.15. The lowest BCUT2D eigenvalue weighted by Crippen LogP contribution is -2.25. The predicted molar refractivity (Wildman–Crippen MR) is 67.1 cm³/mol. The molecule has 0 aliphatic carbocycles. The molecule has 90 valence electrons. The molecule has 17 heavy (non-hydrogen) atoms. The summed E-state index contributed by atoms with van der Waals surface area (Å²) in [5, 5.41) is 9.01. The van der Waals surface area contributed by atoms with Crippen LogP contribution in [0.25, 0.3) is 0 Å². The SMILES string of the molecule is Cc1ccc(OCCN2CCCC2)c(C#N)c1. The number of hydrogen-bond acceptors (Lipinski definition) is 3. The minimum absolute atomic E-state index is 0.631.